The number of fused-ring (bicyclic) bond motifs is 5. The molecule has 4 aliphatic carbocycles. The molecule has 0 radical (unpaired) electrons. The molecule has 234 valence electrons. The lowest BCUT2D eigenvalue weighted by atomic mass is 9.44. The van der Waals surface area contributed by atoms with Gasteiger partial charge in [0.15, 0.2) is 5.79 Å². The largest absolute Gasteiger partial charge is 0.494 e. The van der Waals surface area contributed by atoms with Gasteiger partial charge in [-0.3, -0.25) is 4.79 Å². The molecule has 0 bridgehead atoms. The lowest BCUT2D eigenvalue weighted by Crippen LogP contribution is -2.56. The maximum absolute atomic E-state index is 13.7. The summed E-state index contributed by atoms with van der Waals surface area (Å²) in [6.45, 7) is 11.5. The predicted octanol–water partition coefficient (Wildman–Crippen LogP) is 8.41. The van der Waals surface area contributed by atoms with Gasteiger partial charge in [0.1, 0.15) is 11.5 Å². The number of Topliss-reactive ketones (excluding diaryl/α,β-unsaturated/α-hetero) is 1. The highest BCUT2D eigenvalue weighted by Gasteiger charge is 2.63. The third-order valence-electron chi connectivity index (χ3n) is 13.0. The predicted molar refractivity (Wildman–Crippen MR) is 167 cm³/mol. The van der Waals surface area contributed by atoms with Crippen LogP contribution in [-0.2, 0) is 14.3 Å². The van der Waals surface area contributed by atoms with E-state index in [1.165, 1.54) is 31.2 Å². The van der Waals surface area contributed by atoms with Crippen molar-refractivity contribution in [2.45, 2.75) is 135 Å². The molecular weight excluding hydrogens is 522 g/mol. The Morgan fingerprint density at radius 1 is 1.00 bits per heavy atom. The lowest BCUT2D eigenvalue weighted by Gasteiger charge is -2.61. The second-order valence-corrected chi connectivity index (χ2v) is 14.8. The van der Waals surface area contributed by atoms with Crippen LogP contribution in [0, 0.1) is 34.5 Å². The molecule has 1 spiro atoms. The van der Waals surface area contributed by atoms with Crippen molar-refractivity contribution >= 4 is 5.78 Å². The first-order chi connectivity index (χ1) is 20.4. The highest BCUT2D eigenvalue weighted by Crippen LogP contribution is 2.67. The normalized spacial score (nSPS) is 36.1. The molecule has 0 amide bonds. The second-order valence-electron chi connectivity index (χ2n) is 14.8. The summed E-state index contributed by atoms with van der Waals surface area (Å²) in [4.78, 5) is 13.7. The van der Waals surface area contributed by atoms with E-state index >= 15 is 0 Å². The molecule has 5 unspecified atom stereocenters. The average Bonchev–Trinajstić information content (AvgIpc) is 3.60. The molecule has 6 rings (SSSR count). The van der Waals surface area contributed by atoms with Gasteiger partial charge in [-0.1, -0.05) is 46.2 Å². The molecule has 0 aromatic heterocycles. The molecule has 1 saturated heterocycles. The van der Waals surface area contributed by atoms with Crippen molar-refractivity contribution in [2.75, 3.05) is 19.8 Å². The summed E-state index contributed by atoms with van der Waals surface area (Å²) in [5.74, 6) is 3.81. The number of ether oxygens (including phenoxy) is 3. The summed E-state index contributed by atoms with van der Waals surface area (Å²) in [5, 5.41) is 3.89. The molecule has 5 fully saturated rings. The van der Waals surface area contributed by atoms with Crippen molar-refractivity contribution in [1.82, 2.24) is 5.32 Å². The van der Waals surface area contributed by atoms with E-state index in [0.717, 1.165) is 89.1 Å². The summed E-state index contributed by atoms with van der Waals surface area (Å²) in [7, 11) is 0. The molecule has 7 atom stereocenters. The van der Waals surface area contributed by atoms with E-state index in [-0.39, 0.29) is 11.2 Å². The van der Waals surface area contributed by atoms with Crippen molar-refractivity contribution in [1.29, 1.82) is 0 Å². The summed E-state index contributed by atoms with van der Waals surface area (Å²) < 4.78 is 18.8. The number of rotatable bonds is 11. The molecule has 1 aromatic carbocycles. The van der Waals surface area contributed by atoms with Crippen LogP contribution in [0.2, 0.25) is 0 Å². The minimum atomic E-state index is -0.298. The average molecular weight is 580 g/mol. The minimum Gasteiger partial charge on any atom is -0.494 e. The topological polar surface area (TPSA) is 56.8 Å². The summed E-state index contributed by atoms with van der Waals surface area (Å²) >= 11 is 0. The third-order valence-corrected chi connectivity index (χ3v) is 13.0. The Morgan fingerprint density at radius 3 is 2.57 bits per heavy atom. The van der Waals surface area contributed by atoms with Crippen LogP contribution >= 0.6 is 0 Å². The van der Waals surface area contributed by atoms with Gasteiger partial charge in [-0.2, -0.15) is 0 Å². The number of ketones is 1. The molecule has 4 saturated carbocycles. The van der Waals surface area contributed by atoms with E-state index in [1.54, 1.807) is 0 Å². The lowest BCUT2D eigenvalue weighted by molar-refractivity contribution is -0.229. The number of nitrogens with one attached hydrogen (secondary N) is 1. The first-order valence-corrected chi connectivity index (χ1v) is 17.7. The Labute approximate surface area is 255 Å². The van der Waals surface area contributed by atoms with E-state index in [0.29, 0.717) is 47.6 Å². The van der Waals surface area contributed by atoms with E-state index < -0.39 is 0 Å². The van der Waals surface area contributed by atoms with Gasteiger partial charge >= 0.3 is 0 Å². The number of carbonyl (C=O) groups is 1. The molecular formula is C37H57NO4. The molecule has 5 heteroatoms. The zero-order valence-electron chi connectivity index (χ0n) is 26.9. The Hall–Kier alpha value is -1.43. The first kappa shape index (κ1) is 30.6. The van der Waals surface area contributed by atoms with E-state index in [2.05, 4.69) is 57.3 Å². The monoisotopic (exact) mass is 579 g/mol. The van der Waals surface area contributed by atoms with Gasteiger partial charge in [0.25, 0.3) is 0 Å². The Bertz CT molecular complexity index is 1080. The van der Waals surface area contributed by atoms with Gasteiger partial charge in [-0.05, 0) is 111 Å². The molecule has 1 heterocycles. The Morgan fingerprint density at radius 2 is 1.81 bits per heavy atom. The van der Waals surface area contributed by atoms with Gasteiger partial charge in [0.2, 0.25) is 0 Å². The highest BCUT2D eigenvalue weighted by molar-refractivity contribution is 5.87. The zero-order chi connectivity index (χ0) is 29.4. The Kier molecular flexibility index (Phi) is 9.12. The fourth-order valence-electron chi connectivity index (χ4n) is 10.6. The van der Waals surface area contributed by atoms with Crippen molar-refractivity contribution in [3.05, 3.63) is 29.8 Å². The quantitative estimate of drug-likeness (QED) is 0.285. The molecule has 42 heavy (non-hydrogen) atoms. The second kappa shape index (κ2) is 12.5. The van der Waals surface area contributed by atoms with Crippen molar-refractivity contribution in [3.8, 4) is 5.75 Å². The first-order valence-electron chi connectivity index (χ1n) is 17.7. The summed E-state index contributed by atoms with van der Waals surface area (Å²) in [5.41, 5.74) is 1.51. The van der Waals surface area contributed by atoms with Gasteiger partial charge < -0.3 is 19.5 Å². The van der Waals surface area contributed by atoms with Gasteiger partial charge in [-0.25, -0.2) is 0 Å². The zero-order valence-corrected chi connectivity index (χ0v) is 26.9. The van der Waals surface area contributed by atoms with E-state index in [9.17, 15) is 4.79 Å². The van der Waals surface area contributed by atoms with E-state index in [4.69, 9.17) is 14.2 Å². The fraction of sp³-hybridized carbons (Fsp3) is 0.811. The van der Waals surface area contributed by atoms with Crippen LogP contribution in [0.5, 0.6) is 5.75 Å². The van der Waals surface area contributed by atoms with Crippen LogP contribution in [-0.4, -0.2) is 37.4 Å². The van der Waals surface area contributed by atoms with Crippen LogP contribution in [0.25, 0.3) is 0 Å². The Balaban J connectivity index is 1.12. The third kappa shape index (κ3) is 5.49. The number of carbonyl (C=O) groups excluding carboxylic acids is 1. The van der Waals surface area contributed by atoms with Crippen LogP contribution in [0.1, 0.15) is 129 Å². The molecule has 1 aromatic rings. The fourth-order valence-corrected chi connectivity index (χ4v) is 10.6. The summed E-state index contributed by atoms with van der Waals surface area (Å²) in [6, 6.07) is 9.63. The molecule has 5 aliphatic rings. The summed E-state index contributed by atoms with van der Waals surface area (Å²) in [6.07, 6.45) is 15.4. The molecule has 1 N–H and O–H groups in total. The SMILES string of the molecule is CCCC(NC(CC)CC)c1cccc(OCC[C@]23CCC4C(CCC5CC6(CC[C@@]54C)OCCO6)C2CCC3=O)c1. The van der Waals surface area contributed by atoms with E-state index in [1.807, 2.05) is 0 Å². The van der Waals surface area contributed by atoms with Crippen LogP contribution in [0.3, 0.4) is 0 Å². The van der Waals surface area contributed by atoms with Gasteiger partial charge in [0, 0.05) is 36.8 Å². The van der Waals surface area contributed by atoms with Crippen LogP contribution < -0.4 is 10.1 Å². The maximum atomic E-state index is 13.7. The van der Waals surface area contributed by atoms with Crippen molar-refractivity contribution in [2.24, 2.45) is 34.5 Å². The minimum absolute atomic E-state index is 0.169. The number of hydrogen-bond acceptors (Lipinski definition) is 5. The highest BCUT2D eigenvalue weighted by atomic mass is 16.7. The smallest absolute Gasteiger partial charge is 0.168 e. The van der Waals surface area contributed by atoms with Gasteiger partial charge in [0.05, 0.1) is 19.8 Å². The van der Waals surface area contributed by atoms with Crippen molar-refractivity contribution < 1.29 is 19.0 Å². The van der Waals surface area contributed by atoms with Crippen LogP contribution in [0.4, 0.5) is 0 Å². The van der Waals surface area contributed by atoms with Gasteiger partial charge in [-0.15, -0.1) is 0 Å². The van der Waals surface area contributed by atoms with Crippen molar-refractivity contribution in [3.63, 3.8) is 0 Å². The standard InChI is InChI=1S/C37H57NO4/c1-5-9-33(38-28(6-2)7-3)26-10-8-11-29(24-26)40-21-20-36-17-16-31-30(32(36)14-15-34(36)39)13-12-27-25-37(41-22-23-42-37)19-18-35(27,31)4/h8,10-11,24,27-28,30-33,38H,5-7,9,12-23,25H2,1-4H3/t27?,30?,31?,32?,33?,35-,36+/m0/s1. The molecule has 5 nitrogen and oxygen atoms in total. The van der Waals surface area contributed by atoms with Crippen LogP contribution in [0.15, 0.2) is 24.3 Å². The maximum Gasteiger partial charge on any atom is 0.168 e. The number of hydrogen-bond donors (Lipinski definition) is 1. The number of benzene rings is 1. The molecule has 1 aliphatic heterocycles.